The van der Waals surface area contributed by atoms with E-state index in [0.717, 1.165) is 74.7 Å². The lowest BCUT2D eigenvalue weighted by Crippen LogP contribution is -2.20. The minimum atomic E-state index is -0.301. The first-order valence-electron chi connectivity index (χ1n) is 46.5. The molecule has 0 bridgehead atoms. The molecule has 0 saturated carbocycles. The average Bonchev–Trinajstić information content (AvgIpc) is 1.54. The van der Waals surface area contributed by atoms with Crippen LogP contribution in [0.3, 0.4) is 0 Å². The molecule has 0 amide bonds. The molecule has 0 unspecified atom stereocenters. The number of aromatic nitrogens is 2. The molecule has 6 heteroatoms. The molecule has 0 spiro atoms. The zero-order chi connectivity index (χ0) is 89.6. The maximum absolute atomic E-state index is 2.61. The van der Waals surface area contributed by atoms with Gasteiger partial charge >= 0.3 is 0 Å². The van der Waals surface area contributed by atoms with Crippen molar-refractivity contribution in [1.82, 2.24) is 8.80 Å². The summed E-state index contributed by atoms with van der Waals surface area (Å²) < 4.78 is 5.18. The topological polar surface area (TPSA) is 21.8 Å². The Bertz CT molecular complexity index is 7770. The molecular formula is C124H112N6. The van der Waals surface area contributed by atoms with Crippen LogP contribution in [-0.2, 0) is 38.9 Å². The lowest BCUT2D eigenvalue weighted by Gasteiger charge is -2.28. The number of hydrogen-bond acceptors (Lipinski definition) is 4. The fourth-order valence-corrected chi connectivity index (χ4v) is 20.7. The highest BCUT2D eigenvalue weighted by atomic mass is 15.2. The highest BCUT2D eigenvalue weighted by Gasteiger charge is 2.31. The Morgan fingerprint density at radius 1 is 0.177 bits per heavy atom. The first kappa shape index (κ1) is 81.5. The highest BCUT2D eigenvalue weighted by molar-refractivity contribution is 6.28. The third kappa shape index (κ3) is 14.1. The second kappa shape index (κ2) is 29.9. The zero-order valence-electron chi connectivity index (χ0n) is 78.0. The van der Waals surface area contributed by atoms with Gasteiger partial charge in [-0.25, -0.2) is 0 Å². The van der Waals surface area contributed by atoms with Gasteiger partial charge < -0.3 is 28.4 Å². The van der Waals surface area contributed by atoms with Crippen LogP contribution in [0.5, 0.6) is 0 Å². The van der Waals surface area contributed by atoms with Crippen molar-refractivity contribution in [2.24, 2.45) is 0 Å². The normalized spacial score (nSPS) is 12.8. The Hall–Kier alpha value is -14.2. The van der Waals surface area contributed by atoms with Crippen LogP contribution in [0.2, 0.25) is 0 Å². The smallest absolute Gasteiger partial charge is 0.0620 e. The van der Waals surface area contributed by atoms with E-state index in [2.05, 4.69) is 504 Å². The molecular weight excluding hydrogens is 1570 g/mol. The molecule has 4 heterocycles. The van der Waals surface area contributed by atoms with Crippen molar-refractivity contribution in [2.45, 2.75) is 157 Å². The summed E-state index contributed by atoms with van der Waals surface area (Å²) in [4.78, 5) is 9.68. The molecule has 0 saturated heterocycles. The molecule has 22 rings (SSSR count). The Labute approximate surface area is 764 Å². The van der Waals surface area contributed by atoms with Crippen LogP contribution >= 0.6 is 0 Å². The molecule has 0 aliphatic rings. The van der Waals surface area contributed by atoms with E-state index in [0.29, 0.717) is 0 Å². The summed E-state index contributed by atoms with van der Waals surface area (Å²) in [6, 6.07) is 137. The monoisotopic (exact) mass is 1680 g/mol. The number of anilines is 12. The van der Waals surface area contributed by atoms with Gasteiger partial charge in [0.1, 0.15) is 0 Å². The van der Waals surface area contributed by atoms with Gasteiger partial charge in [-0.2, -0.15) is 0 Å². The molecule has 0 radical (unpaired) electrons. The largest absolute Gasteiger partial charge is 0.310 e. The van der Waals surface area contributed by atoms with Crippen LogP contribution in [0.25, 0.3) is 119 Å². The minimum Gasteiger partial charge on any atom is -0.310 e. The van der Waals surface area contributed by atoms with Crippen LogP contribution in [0.15, 0.2) is 358 Å². The quantitative estimate of drug-likeness (QED) is 0.102. The summed E-state index contributed by atoms with van der Waals surface area (Å²) in [6.07, 6.45) is 0.822. The molecule has 0 N–H and O–H groups in total. The van der Waals surface area contributed by atoms with Crippen molar-refractivity contribution >= 4 is 188 Å². The van der Waals surface area contributed by atoms with Gasteiger partial charge in [0.15, 0.2) is 0 Å². The standard InChI is InChI=1S/C124H112N6/c1-119(2,3)87-39-53-97(54-40-87)127(98-55-41-88(42-56-98)120(4,5)6)103-51-37-81-67-107-111-75-92(76-112-108-68-82-38-52-104(64-86(82)72-116(108)130(118(111)112)115(107)71-85(81)63-103)128(99-57-43-89(44-58-99)121(7,8)9)100-59-45-90(46-60-100)122(10,11)12)124(16,17)77-78-33-47-96(48-34-78)126(95-31-25-20-26-32-95)102-50-36-80-66-106-110-74-91(123(13,14)15)73-109-105-65-79-35-49-101(125(93-27-21-18-22-28-93)94-29-23-19-24-30-94)61-83(79)69-113(105)129(117(109)110)114(106)70-84(80)62-102/h18-76H,77H2,1-17H3. The maximum atomic E-state index is 2.61. The van der Waals surface area contributed by atoms with Gasteiger partial charge in [-0.05, 0) is 339 Å². The Kier molecular flexibility index (Phi) is 18.8. The number of fused-ring (bicyclic) bond motifs is 16. The Morgan fingerprint density at radius 3 is 0.631 bits per heavy atom. The van der Waals surface area contributed by atoms with Crippen molar-refractivity contribution in [3.8, 4) is 0 Å². The fraction of sp³-hybridized carbons (Fsp3) is 0.194. The Balaban J connectivity index is 0.658. The van der Waals surface area contributed by atoms with Crippen LogP contribution in [0, 0.1) is 0 Å². The predicted molar refractivity (Wildman–Crippen MR) is 561 cm³/mol. The first-order valence-corrected chi connectivity index (χ1v) is 46.5. The molecule has 22 aromatic rings. The third-order valence-corrected chi connectivity index (χ3v) is 28.1. The van der Waals surface area contributed by atoms with Crippen molar-refractivity contribution < 1.29 is 0 Å². The van der Waals surface area contributed by atoms with Crippen molar-refractivity contribution in [2.75, 3.05) is 19.6 Å². The summed E-state index contributed by atoms with van der Waals surface area (Å²) in [6.45, 7) is 39.5. The lowest BCUT2D eigenvalue weighted by atomic mass is 9.78. The minimum absolute atomic E-state index is 0.0173. The van der Waals surface area contributed by atoms with E-state index in [-0.39, 0.29) is 32.5 Å². The van der Waals surface area contributed by atoms with Gasteiger partial charge in [0.2, 0.25) is 0 Å². The summed E-state index contributed by atoms with van der Waals surface area (Å²) in [5.74, 6) is 0. The lowest BCUT2D eigenvalue weighted by molar-refractivity contribution is 0.523. The van der Waals surface area contributed by atoms with Gasteiger partial charge in [0.25, 0.3) is 0 Å². The number of nitrogens with zero attached hydrogens (tertiary/aromatic N) is 6. The van der Waals surface area contributed by atoms with Gasteiger partial charge in [-0.1, -0.05) is 257 Å². The molecule has 638 valence electrons. The molecule has 0 fully saturated rings. The SMILES string of the molecule is CC(C)(C)c1ccc(N(c2ccc(C(C)(C)C)cc2)c2ccc3cc4c5cc(C(C)(C)Cc6ccc(N(c7ccccc7)c7ccc8cc9c%10cc(C(C)(C)C)cc%11c%12cc%13ccc(N(c%14ccccc%14)c%14ccccc%14)cc%13cc%12n(c9cc8c7)c%11%10)cc6)cc6c7cc8ccc(N(c9ccc(C(C)(C)C)cc9)c9ccc(C(C)(C)C)cc9)cc8cc7n(c4cc3c2)c56)cc1. The van der Waals surface area contributed by atoms with E-state index >= 15 is 0 Å². The second-order valence-electron chi connectivity index (χ2n) is 42.6. The molecule has 0 atom stereocenters. The number of rotatable bonds is 15. The van der Waals surface area contributed by atoms with Crippen molar-refractivity contribution in [3.63, 3.8) is 0 Å². The van der Waals surface area contributed by atoms with Gasteiger partial charge in [-0.15, -0.1) is 0 Å². The third-order valence-electron chi connectivity index (χ3n) is 28.1. The maximum Gasteiger partial charge on any atom is 0.0620 e. The van der Waals surface area contributed by atoms with Crippen molar-refractivity contribution in [1.29, 1.82) is 0 Å². The highest BCUT2D eigenvalue weighted by Crippen LogP contribution is 2.51. The van der Waals surface area contributed by atoms with Crippen LogP contribution in [-0.4, -0.2) is 8.80 Å². The van der Waals surface area contributed by atoms with E-state index in [9.17, 15) is 0 Å². The van der Waals surface area contributed by atoms with E-state index in [1.807, 2.05) is 0 Å². The van der Waals surface area contributed by atoms with Gasteiger partial charge in [0, 0.05) is 111 Å². The summed E-state index contributed by atoms with van der Waals surface area (Å²) in [5.41, 5.74) is 29.6. The van der Waals surface area contributed by atoms with Gasteiger partial charge in [-0.3, -0.25) is 0 Å². The number of hydrogen-bond donors (Lipinski definition) is 0. The number of para-hydroxylation sites is 3. The molecule has 18 aromatic carbocycles. The Morgan fingerprint density at radius 2 is 0.392 bits per heavy atom. The predicted octanol–water partition coefficient (Wildman–Crippen LogP) is 35.5. The van der Waals surface area contributed by atoms with Crippen LogP contribution in [0.1, 0.15) is 157 Å². The van der Waals surface area contributed by atoms with Crippen LogP contribution in [0.4, 0.5) is 68.2 Å². The average molecular weight is 1690 g/mol. The molecule has 130 heavy (non-hydrogen) atoms. The fourth-order valence-electron chi connectivity index (χ4n) is 20.7. The molecule has 6 nitrogen and oxygen atoms in total. The van der Waals surface area contributed by atoms with Crippen LogP contribution < -0.4 is 19.6 Å². The van der Waals surface area contributed by atoms with E-state index in [4.69, 9.17) is 0 Å². The van der Waals surface area contributed by atoms with Gasteiger partial charge in [0.05, 0.1) is 33.1 Å². The van der Waals surface area contributed by atoms with E-state index in [1.165, 1.54) is 158 Å². The number of benzene rings is 18. The summed E-state index contributed by atoms with van der Waals surface area (Å²) >= 11 is 0. The first-order chi connectivity index (χ1) is 62.3. The molecule has 4 aromatic heterocycles. The van der Waals surface area contributed by atoms with Crippen molar-refractivity contribution in [3.05, 3.63) is 397 Å². The second-order valence-corrected chi connectivity index (χ2v) is 42.6. The summed E-state index contributed by atoms with van der Waals surface area (Å²) in [7, 11) is 0. The molecule has 0 aliphatic heterocycles. The van der Waals surface area contributed by atoms with E-state index < -0.39 is 0 Å². The zero-order valence-corrected chi connectivity index (χ0v) is 78.0. The molecule has 0 aliphatic carbocycles. The van der Waals surface area contributed by atoms with E-state index in [1.54, 1.807) is 0 Å². The summed E-state index contributed by atoms with van der Waals surface area (Å²) in [5, 5.41) is 19.8.